The SMILES string of the molecule is CC(=O)c1cccc(NC(=O)N2CCCC3(C2)Nc2ccccc2NC3=NC(C)(C)C)c1. The van der Waals surface area contributed by atoms with Crippen molar-refractivity contribution in [2.24, 2.45) is 4.99 Å². The number of rotatable bonds is 2. The van der Waals surface area contributed by atoms with E-state index in [-0.39, 0.29) is 17.4 Å². The van der Waals surface area contributed by atoms with Crippen molar-refractivity contribution >= 4 is 34.7 Å². The molecule has 168 valence electrons. The molecule has 4 rings (SSSR count). The average Bonchev–Trinajstić information content (AvgIpc) is 2.73. The van der Waals surface area contributed by atoms with Crippen molar-refractivity contribution in [2.75, 3.05) is 29.0 Å². The number of aliphatic imine (C=N–C) groups is 1. The Kier molecular flexibility index (Phi) is 5.67. The van der Waals surface area contributed by atoms with E-state index in [0.717, 1.165) is 30.1 Å². The second-order valence-electron chi connectivity index (χ2n) is 9.60. The molecular weight excluding hydrogens is 402 g/mol. The molecule has 3 N–H and O–H groups in total. The lowest BCUT2D eigenvalue weighted by molar-refractivity contribution is 0.101. The normalized spacial score (nSPS) is 21.5. The number of Topliss-reactive ketones (excluding diaryl/α,β-unsaturated/α-hetero) is 1. The zero-order valence-corrected chi connectivity index (χ0v) is 19.2. The van der Waals surface area contributed by atoms with Gasteiger partial charge in [0.1, 0.15) is 11.4 Å². The fourth-order valence-electron chi connectivity index (χ4n) is 4.28. The molecule has 0 bridgehead atoms. The summed E-state index contributed by atoms with van der Waals surface area (Å²) in [5.74, 6) is 0.831. The third-order valence-electron chi connectivity index (χ3n) is 5.75. The standard InChI is InChI=1S/C25H31N5O2/c1-17(31)18-9-7-10-19(15-18)26-23(32)30-14-8-13-25(16-30)22(29-24(2,3)4)27-20-11-5-6-12-21(20)28-25/h5-7,9-12,15,28H,8,13-14,16H2,1-4H3,(H,26,32)(H,27,29). The van der Waals surface area contributed by atoms with E-state index in [0.29, 0.717) is 24.3 Å². The minimum absolute atomic E-state index is 0.0304. The molecule has 1 unspecified atom stereocenters. The number of piperidine rings is 1. The number of likely N-dealkylation sites (tertiary alicyclic amines) is 1. The summed E-state index contributed by atoms with van der Waals surface area (Å²) in [6.45, 7) is 8.89. The Bertz CT molecular complexity index is 1070. The van der Waals surface area contributed by atoms with E-state index in [4.69, 9.17) is 4.99 Å². The van der Waals surface area contributed by atoms with Crippen molar-refractivity contribution in [1.82, 2.24) is 4.90 Å². The van der Waals surface area contributed by atoms with Crippen LogP contribution in [0.1, 0.15) is 50.9 Å². The number of amides is 2. The van der Waals surface area contributed by atoms with Crippen LogP contribution in [0, 0.1) is 0 Å². The predicted octanol–water partition coefficient (Wildman–Crippen LogP) is 4.99. The van der Waals surface area contributed by atoms with Gasteiger partial charge >= 0.3 is 6.03 Å². The lowest BCUT2D eigenvalue weighted by Gasteiger charge is -2.47. The van der Waals surface area contributed by atoms with Crippen LogP contribution in [0.2, 0.25) is 0 Å². The summed E-state index contributed by atoms with van der Waals surface area (Å²) in [7, 11) is 0. The van der Waals surface area contributed by atoms with Gasteiger partial charge in [-0.25, -0.2) is 4.79 Å². The van der Waals surface area contributed by atoms with Crippen LogP contribution in [0.3, 0.4) is 0 Å². The summed E-state index contributed by atoms with van der Waals surface area (Å²) >= 11 is 0. The molecule has 1 saturated heterocycles. The molecule has 2 heterocycles. The van der Waals surface area contributed by atoms with Gasteiger partial charge in [0.15, 0.2) is 5.78 Å². The number of benzene rings is 2. The summed E-state index contributed by atoms with van der Waals surface area (Å²) in [6, 6.07) is 14.9. The monoisotopic (exact) mass is 433 g/mol. The van der Waals surface area contributed by atoms with Crippen LogP contribution in [0.5, 0.6) is 0 Å². The van der Waals surface area contributed by atoms with Gasteiger partial charge in [-0.2, -0.15) is 0 Å². The van der Waals surface area contributed by atoms with Gasteiger partial charge in [-0.05, 0) is 64.8 Å². The third kappa shape index (κ3) is 4.61. The summed E-state index contributed by atoms with van der Waals surface area (Å²) in [4.78, 5) is 31.7. The number of para-hydroxylation sites is 2. The lowest BCUT2D eigenvalue weighted by atomic mass is 9.85. The fourth-order valence-corrected chi connectivity index (χ4v) is 4.28. The first-order valence-electron chi connectivity index (χ1n) is 11.1. The molecule has 2 aliphatic rings. The minimum Gasteiger partial charge on any atom is -0.370 e. The van der Waals surface area contributed by atoms with Crippen LogP contribution in [0.4, 0.5) is 21.9 Å². The van der Waals surface area contributed by atoms with E-state index >= 15 is 0 Å². The number of nitrogens with one attached hydrogen (secondary N) is 3. The molecule has 2 aromatic carbocycles. The summed E-state index contributed by atoms with van der Waals surface area (Å²) in [6.07, 6.45) is 1.72. The summed E-state index contributed by atoms with van der Waals surface area (Å²) in [5.41, 5.74) is 2.44. The van der Waals surface area contributed by atoms with E-state index in [1.807, 2.05) is 29.2 Å². The summed E-state index contributed by atoms with van der Waals surface area (Å²) in [5, 5.41) is 10.2. The number of hydrogen-bond donors (Lipinski definition) is 3. The van der Waals surface area contributed by atoms with E-state index < -0.39 is 5.54 Å². The van der Waals surface area contributed by atoms with Crippen molar-refractivity contribution in [2.45, 2.75) is 51.6 Å². The molecule has 2 aromatic rings. The molecule has 0 saturated carbocycles. The maximum Gasteiger partial charge on any atom is 0.321 e. The molecule has 0 radical (unpaired) electrons. The van der Waals surface area contributed by atoms with E-state index in [2.05, 4.69) is 36.7 Å². The van der Waals surface area contributed by atoms with Gasteiger partial charge in [-0.3, -0.25) is 9.79 Å². The van der Waals surface area contributed by atoms with Crippen molar-refractivity contribution < 1.29 is 9.59 Å². The molecule has 2 aliphatic heterocycles. The minimum atomic E-state index is -0.488. The Morgan fingerprint density at radius 3 is 2.56 bits per heavy atom. The molecule has 1 spiro atoms. The van der Waals surface area contributed by atoms with Gasteiger partial charge in [0, 0.05) is 17.8 Å². The third-order valence-corrected chi connectivity index (χ3v) is 5.75. The Hall–Kier alpha value is -3.35. The molecule has 0 aromatic heterocycles. The van der Waals surface area contributed by atoms with Crippen LogP contribution in [-0.2, 0) is 0 Å². The zero-order valence-electron chi connectivity index (χ0n) is 19.2. The Labute approximate surface area is 189 Å². The number of hydrogen-bond acceptors (Lipinski definition) is 4. The molecule has 0 aliphatic carbocycles. The second-order valence-corrected chi connectivity index (χ2v) is 9.60. The molecule has 7 heteroatoms. The van der Waals surface area contributed by atoms with Crippen LogP contribution < -0.4 is 16.0 Å². The van der Waals surface area contributed by atoms with Crippen molar-refractivity contribution in [3.8, 4) is 0 Å². The highest BCUT2D eigenvalue weighted by Gasteiger charge is 2.45. The molecule has 1 atom stereocenters. The zero-order chi connectivity index (χ0) is 22.9. The Morgan fingerprint density at radius 2 is 1.84 bits per heavy atom. The number of fused-ring (bicyclic) bond motifs is 1. The number of amidine groups is 1. The van der Waals surface area contributed by atoms with Crippen molar-refractivity contribution in [3.05, 3.63) is 54.1 Å². The maximum absolute atomic E-state index is 13.2. The maximum atomic E-state index is 13.2. The van der Waals surface area contributed by atoms with Gasteiger partial charge in [-0.1, -0.05) is 24.3 Å². The van der Waals surface area contributed by atoms with Gasteiger partial charge in [-0.15, -0.1) is 0 Å². The topological polar surface area (TPSA) is 85.8 Å². The predicted molar refractivity (Wildman–Crippen MR) is 130 cm³/mol. The molecular formula is C25H31N5O2. The van der Waals surface area contributed by atoms with Gasteiger partial charge in [0.25, 0.3) is 0 Å². The van der Waals surface area contributed by atoms with Gasteiger partial charge in [0.05, 0.1) is 23.5 Å². The van der Waals surface area contributed by atoms with E-state index in [1.54, 1.807) is 24.3 Å². The highest BCUT2D eigenvalue weighted by molar-refractivity contribution is 6.10. The first-order chi connectivity index (χ1) is 15.2. The first-order valence-corrected chi connectivity index (χ1v) is 11.1. The number of ketones is 1. The number of carbonyl (C=O) groups is 2. The molecule has 2 amide bonds. The first kappa shape index (κ1) is 21.9. The van der Waals surface area contributed by atoms with E-state index in [9.17, 15) is 9.59 Å². The number of urea groups is 1. The van der Waals surface area contributed by atoms with Crippen LogP contribution in [-0.4, -0.2) is 46.7 Å². The van der Waals surface area contributed by atoms with Crippen molar-refractivity contribution in [1.29, 1.82) is 0 Å². The highest BCUT2D eigenvalue weighted by atomic mass is 16.2. The number of nitrogens with zero attached hydrogens (tertiary/aromatic N) is 2. The Balaban J connectivity index is 1.60. The quantitative estimate of drug-likeness (QED) is 0.583. The van der Waals surface area contributed by atoms with Crippen LogP contribution in [0.15, 0.2) is 53.5 Å². The smallest absolute Gasteiger partial charge is 0.321 e. The lowest BCUT2D eigenvalue weighted by Crippen LogP contribution is -2.63. The Morgan fingerprint density at radius 1 is 1.09 bits per heavy atom. The van der Waals surface area contributed by atoms with E-state index in [1.165, 1.54) is 6.92 Å². The largest absolute Gasteiger partial charge is 0.370 e. The van der Waals surface area contributed by atoms with Crippen molar-refractivity contribution in [3.63, 3.8) is 0 Å². The van der Waals surface area contributed by atoms with Gasteiger partial charge < -0.3 is 20.9 Å². The highest BCUT2D eigenvalue weighted by Crippen LogP contribution is 2.37. The molecule has 7 nitrogen and oxygen atoms in total. The molecule has 1 fully saturated rings. The summed E-state index contributed by atoms with van der Waals surface area (Å²) < 4.78 is 0. The van der Waals surface area contributed by atoms with Crippen LogP contribution in [0.25, 0.3) is 0 Å². The number of carbonyl (C=O) groups excluding carboxylic acids is 2. The fraction of sp³-hybridized carbons (Fsp3) is 0.400. The van der Waals surface area contributed by atoms with Gasteiger partial charge in [0.2, 0.25) is 0 Å². The molecule has 32 heavy (non-hydrogen) atoms. The second kappa shape index (κ2) is 8.30. The number of anilines is 3. The average molecular weight is 434 g/mol. The van der Waals surface area contributed by atoms with Crippen LogP contribution >= 0.6 is 0 Å².